The molecule has 0 unspecified atom stereocenters. The van der Waals surface area contributed by atoms with Gasteiger partial charge in [0.15, 0.2) is 0 Å². The summed E-state index contributed by atoms with van der Waals surface area (Å²) < 4.78 is 5.14. The summed E-state index contributed by atoms with van der Waals surface area (Å²) in [5.41, 5.74) is 10.5. The van der Waals surface area contributed by atoms with E-state index in [2.05, 4.69) is 41.4 Å². The first kappa shape index (κ1) is 19.7. The Morgan fingerprint density at radius 1 is 1.00 bits per heavy atom. The summed E-state index contributed by atoms with van der Waals surface area (Å²) in [5.74, 6) is 0.549. The molecule has 1 heterocycles. The SMILES string of the molecule is COc1ccc(/C=N\NC(=O)c2cccc(N3Cc4cc(C)c(C)cc4C3)c2)cc1. The summed E-state index contributed by atoms with van der Waals surface area (Å²) in [6, 6.07) is 19.7. The number of ether oxygens (including phenoxy) is 1. The minimum Gasteiger partial charge on any atom is -0.497 e. The third-order valence-corrected chi connectivity index (χ3v) is 5.51. The lowest BCUT2D eigenvalue weighted by atomic mass is 10.0. The van der Waals surface area contributed by atoms with Crippen LogP contribution in [0.1, 0.15) is 38.2 Å². The van der Waals surface area contributed by atoms with Gasteiger partial charge in [0.2, 0.25) is 0 Å². The van der Waals surface area contributed by atoms with E-state index in [9.17, 15) is 4.79 Å². The predicted octanol–water partition coefficient (Wildman–Crippen LogP) is 4.60. The summed E-state index contributed by atoms with van der Waals surface area (Å²) in [6.45, 7) is 6.01. The molecular weight excluding hydrogens is 374 g/mol. The van der Waals surface area contributed by atoms with Gasteiger partial charge in [0.1, 0.15) is 5.75 Å². The number of rotatable bonds is 5. The molecule has 0 saturated heterocycles. The van der Waals surface area contributed by atoms with Crippen molar-refractivity contribution < 1.29 is 9.53 Å². The van der Waals surface area contributed by atoms with Crippen LogP contribution in [0.4, 0.5) is 5.69 Å². The fourth-order valence-electron chi connectivity index (χ4n) is 3.64. The van der Waals surface area contributed by atoms with Crippen molar-refractivity contribution in [2.45, 2.75) is 26.9 Å². The molecule has 0 aromatic heterocycles. The van der Waals surface area contributed by atoms with Crippen LogP contribution in [-0.4, -0.2) is 19.2 Å². The molecule has 1 N–H and O–H groups in total. The van der Waals surface area contributed by atoms with E-state index in [1.54, 1.807) is 19.4 Å². The molecule has 5 nitrogen and oxygen atoms in total. The standard InChI is InChI=1S/C25H25N3O2/c1-17-11-21-15-28(16-22(21)12-18(17)2)23-6-4-5-20(13-23)25(29)27-26-14-19-7-9-24(30-3)10-8-19/h4-14H,15-16H2,1-3H3,(H,27,29)/b26-14-. The minimum absolute atomic E-state index is 0.231. The highest BCUT2D eigenvalue weighted by Crippen LogP contribution is 2.30. The number of amides is 1. The van der Waals surface area contributed by atoms with Crippen LogP contribution < -0.4 is 15.1 Å². The average molecular weight is 399 g/mol. The van der Waals surface area contributed by atoms with Gasteiger partial charge in [-0.1, -0.05) is 18.2 Å². The number of methoxy groups -OCH3 is 1. The summed E-state index contributed by atoms with van der Waals surface area (Å²) >= 11 is 0. The van der Waals surface area contributed by atoms with E-state index in [-0.39, 0.29) is 5.91 Å². The summed E-state index contributed by atoms with van der Waals surface area (Å²) in [6.07, 6.45) is 1.61. The number of hydrogen-bond acceptors (Lipinski definition) is 4. The molecule has 1 amide bonds. The molecule has 152 valence electrons. The molecule has 0 aliphatic carbocycles. The third-order valence-electron chi connectivity index (χ3n) is 5.51. The van der Waals surface area contributed by atoms with Crippen molar-refractivity contribution in [3.8, 4) is 5.75 Å². The van der Waals surface area contributed by atoms with Gasteiger partial charge in [0, 0.05) is 24.3 Å². The maximum absolute atomic E-state index is 12.5. The lowest BCUT2D eigenvalue weighted by Gasteiger charge is -2.18. The lowest BCUT2D eigenvalue weighted by Crippen LogP contribution is -2.19. The largest absolute Gasteiger partial charge is 0.497 e. The van der Waals surface area contributed by atoms with Gasteiger partial charge in [0.25, 0.3) is 5.91 Å². The van der Waals surface area contributed by atoms with Crippen LogP contribution in [0.25, 0.3) is 0 Å². The van der Waals surface area contributed by atoms with E-state index in [0.29, 0.717) is 5.56 Å². The van der Waals surface area contributed by atoms with Gasteiger partial charge >= 0.3 is 0 Å². The molecule has 4 rings (SSSR count). The van der Waals surface area contributed by atoms with Crippen molar-refractivity contribution in [3.63, 3.8) is 0 Å². The number of hydrazone groups is 1. The molecule has 0 fully saturated rings. The topological polar surface area (TPSA) is 53.9 Å². The predicted molar refractivity (Wildman–Crippen MR) is 120 cm³/mol. The smallest absolute Gasteiger partial charge is 0.271 e. The number of nitrogens with one attached hydrogen (secondary N) is 1. The van der Waals surface area contributed by atoms with E-state index < -0.39 is 0 Å². The molecule has 30 heavy (non-hydrogen) atoms. The molecule has 0 saturated carbocycles. The first-order valence-electron chi connectivity index (χ1n) is 9.95. The van der Waals surface area contributed by atoms with Crippen LogP contribution in [-0.2, 0) is 13.1 Å². The van der Waals surface area contributed by atoms with Crippen LogP contribution >= 0.6 is 0 Å². The number of aryl methyl sites for hydroxylation is 2. The highest BCUT2D eigenvalue weighted by atomic mass is 16.5. The van der Waals surface area contributed by atoms with Gasteiger partial charge in [-0.3, -0.25) is 4.79 Å². The maximum Gasteiger partial charge on any atom is 0.271 e. The summed E-state index contributed by atoms with van der Waals surface area (Å²) in [5, 5.41) is 4.07. The minimum atomic E-state index is -0.231. The van der Waals surface area contributed by atoms with Crippen molar-refractivity contribution in [1.29, 1.82) is 0 Å². The Kier molecular flexibility index (Phi) is 5.53. The number of benzene rings is 3. The number of fused-ring (bicyclic) bond motifs is 1. The number of anilines is 1. The molecule has 3 aromatic rings. The van der Waals surface area contributed by atoms with Crippen LogP contribution in [0.3, 0.4) is 0 Å². The molecule has 3 aromatic carbocycles. The van der Waals surface area contributed by atoms with E-state index in [1.165, 1.54) is 22.3 Å². The number of carbonyl (C=O) groups is 1. The molecule has 1 aliphatic heterocycles. The average Bonchev–Trinajstić information content (AvgIpc) is 3.17. The van der Waals surface area contributed by atoms with Crippen molar-refractivity contribution in [3.05, 3.63) is 94.0 Å². The monoisotopic (exact) mass is 399 g/mol. The second kappa shape index (κ2) is 8.41. The van der Waals surface area contributed by atoms with E-state index in [4.69, 9.17) is 4.74 Å². The van der Waals surface area contributed by atoms with Gasteiger partial charge in [0.05, 0.1) is 13.3 Å². The molecule has 1 aliphatic rings. The number of carbonyl (C=O) groups excluding carboxylic acids is 1. The van der Waals surface area contributed by atoms with E-state index in [0.717, 1.165) is 30.1 Å². The Balaban J connectivity index is 1.43. The highest BCUT2D eigenvalue weighted by molar-refractivity contribution is 5.95. The Labute approximate surface area is 177 Å². The van der Waals surface area contributed by atoms with Gasteiger partial charge < -0.3 is 9.64 Å². The normalized spacial score (nSPS) is 12.8. The Morgan fingerprint density at radius 3 is 2.30 bits per heavy atom. The van der Waals surface area contributed by atoms with E-state index in [1.807, 2.05) is 42.5 Å². The van der Waals surface area contributed by atoms with Gasteiger partial charge in [-0.2, -0.15) is 5.10 Å². The zero-order chi connectivity index (χ0) is 21.1. The molecule has 0 bridgehead atoms. The first-order valence-corrected chi connectivity index (χ1v) is 9.95. The van der Waals surface area contributed by atoms with E-state index >= 15 is 0 Å². The second-order valence-corrected chi connectivity index (χ2v) is 7.58. The maximum atomic E-state index is 12.5. The van der Waals surface area contributed by atoms with Crippen molar-refractivity contribution >= 4 is 17.8 Å². The van der Waals surface area contributed by atoms with Crippen LogP contribution in [0.15, 0.2) is 65.8 Å². The van der Waals surface area contributed by atoms with Gasteiger partial charge in [-0.25, -0.2) is 5.43 Å². The number of nitrogens with zero attached hydrogens (tertiary/aromatic N) is 2. The fraction of sp³-hybridized carbons (Fsp3) is 0.200. The zero-order valence-electron chi connectivity index (χ0n) is 17.5. The summed E-state index contributed by atoms with van der Waals surface area (Å²) in [4.78, 5) is 14.8. The summed E-state index contributed by atoms with van der Waals surface area (Å²) in [7, 11) is 1.63. The zero-order valence-corrected chi connectivity index (χ0v) is 17.5. The van der Waals surface area contributed by atoms with Crippen molar-refractivity contribution in [2.75, 3.05) is 12.0 Å². The molecular formula is C25H25N3O2. The van der Waals surface area contributed by atoms with Crippen LogP contribution in [0.5, 0.6) is 5.75 Å². The fourth-order valence-corrected chi connectivity index (χ4v) is 3.64. The third kappa shape index (κ3) is 4.20. The highest BCUT2D eigenvalue weighted by Gasteiger charge is 2.20. The van der Waals surface area contributed by atoms with Crippen molar-refractivity contribution in [2.24, 2.45) is 5.10 Å². The van der Waals surface area contributed by atoms with Crippen LogP contribution in [0, 0.1) is 13.8 Å². The van der Waals surface area contributed by atoms with Gasteiger partial charge in [-0.05, 0) is 84.1 Å². The Hall–Kier alpha value is -3.60. The molecule has 5 heteroatoms. The second-order valence-electron chi connectivity index (χ2n) is 7.58. The Bertz CT molecular complexity index is 1070. The quantitative estimate of drug-likeness (QED) is 0.504. The number of hydrogen-bond donors (Lipinski definition) is 1. The van der Waals surface area contributed by atoms with Crippen molar-refractivity contribution in [1.82, 2.24) is 5.43 Å². The first-order chi connectivity index (χ1) is 14.5. The molecule has 0 spiro atoms. The lowest BCUT2D eigenvalue weighted by molar-refractivity contribution is 0.0955. The van der Waals surface area contributed by atoms with Crippen LogP contribution in [0.2, 0.25) is 0 Å². The van der Waals surface area contributed by atoms with Gasteiger partial charge in [-0.15, -0.1) is 0 Å². The molecule has 0 radical (unpaired) electrons. The Morgan fingerprint density at radius 2 is 1.67 bits per heavy atom. The molecule has 0 atom stereocenters.